The van der Waals surface area contributed by atoms with E-state index in [9.17, 15) is 14.4 Å². The molecular weight excluding hydrogens is 449 g/mol. The predicted octanol–water partition coefficient (Wildman–Crippen LogP) is 3.94. The second-order valence-corrected chi connectivity index (χ2v) is 9.24. The molecule has 0 aromatic heterocycles. The number of carbonyl (C=O) groups excluding carboxylic acids is 3. The number of amides is 3. The van der Waals surface area contributed by atoms with Crippen LogP contribution in [0.2, 0.25) is 10.0 Å². The highest BCUT2D eigenvalue weighted by Gasteiger charge is 2.48. The third kappa shape index (κ3) is 4.76. The molecule has 2 aliphatic heterocycles. The van der Waals surface area contributed by atoms with Crippen LogP contribution in [0.5, 0.6) is 0 Å². The van der Waals surface area contributed by atoms with Crippen molar-refractivity contribution in [3.8, 4) is 0 Å². The van der Waals surface area contributed by atoms with Crippen LogP contribution >= 0.6 is 23.2 Å². The Balaban J connectivity index is 1.22. The van der Waals surface area contributed by atoms with Crippen LogP contribution in [0.25, 0.3) is 0 Å². The van der Waals surface area contributed by atoms with Crippen LogP contribution in [0.15, 0.2) is 42.5 Å². The summed E-state index contributed by atoms with van der Waals surface area (Å²) in [4.78, 5) is 39.2. The maximum absolute atomic E-state index is 12.7. The van der Waals surface area contributed by atoms with E-state index < -0.39 is 5.41 Å². The largest absolute Gasteiger partial charge is 0.356 e. The maximum Gasteiger partial charge on any atom is 0.235 e. The molecule has 6 nitrogen and oxygen atoms in total. The lowest BCUT2D eigenvalue weighted by atomic mass is 9.73. The summed E-state index contributed by atoms with van der Waals surface area (Å²) in [5.41, 5.74) is 2.04. The minimum Gasteiger partial charge on any atom is -0.356 e. The molecule has 0 bridgehead atoms. The van der Waals surface area contributed by atoms with Crippen LogP contribution in [-0.4, -0.2) is 42.3 Å². The average molecular weight is 474 g/mol. The van der Waals surface area contributed by atoms with Gasteiger partial charge in [-0.15, -0.1) is 0 Å². The number of anilines is 1. The summed E-state index contributed by atoms with van der Waals surface area (Å²) in [5.74, 6) is -0.0361. The summed E-state index contributed by atoms with van der Waals surface area (Å²) in [6.45, 7) is 1.51. The number of fused-ring (bicyclic) bond motifs is 2. The standard InChI is InChI=1S/C24H25Cl2N3O3/c25-17-5-3-16(4-6-17)14-21(30)27-11-1-2-22(31)29-12-9-24(10-13-29)19-15-18(26)7-8-20(19)28-23(24)32/h3-8,15H,1-2,9-14H2,(H,27,30)(H,28,32). The van der Waals surface area contributed by atoms with Crippen LogP contribution in [0.4, 0.5) is 5.69 Å². The quantitative estimate of drug-likeness (QED) is 0.623. The Kier molecular flexibility index (Phi) is 6.72. The number of hydrogen-bond acceptors (Lipinski definition) is 3. The van der Waals surface area contributed by atoms with E-state index in [1.165, 1.54) is 0 Å². The van der Waals surface area contributed by atoms with Gasteiger partial charge in [-0.05, 0) is 60.7 Å². The Bertz CT molecular complexity index is 1030. The van der Waals surface area contributed by atoms with Gasteiger partial charge >= 0.3 is 0 Å². The molecule has 2 heterocycles. The Morgan fingerprint density at radius 2 is 1.72 bits per heavy atom. The third-order valence-electron chi connectivity index (χ3n) is 6.32. The number of carbonyl (C=O) groups is 3. The normalized spacial score (nSPS) is 16.6. The monoisotopic (exact) mass is 473 g/mol. The summed E-state index contributed by atoms with van der Waals surface area (Å²) in [7, 11) is 0. The predicted molar refractivity (Wildman–Crippen MR) is 125 cm³/mol. The highest BCUT2D eigenvalue weighted by Crippen LogP contribution is 2.45. The first-order valence-electron chi connectivity index (χ1n) is 10.8. The number of likely N-dealkylation sites (tertiary alicyclic amines) is 1. The number of nitrogens with one attached hydrogen (secondary N) is 2. The highest BCUT2D eigenvalue weighted by atomic mass is 35.5. The topological polar surface area (TPSA) is 78.5 Å². The number of nitrogens with zero attached hydrogens (tertiary/aromatic N) is 1. The molecule has 168 valence electrons. The van der Waals surface area contributed by atoms with E-state index in [2.05, 4.69) is 10.6 Å². The Morgan fingerprint density at radius 1 is 1.03 bits per heavy atom. The van der Waals surface area contributed by atoms with E-state index in [4.69, 9.17) is 23.2 Å². The number of benzene rings is 2. The zero-order valence-electron chi connectivity index (χ0n) is 17.6. The van der Waals surface area contributed by atoms with E-state index in [-0.39, 0.29) is 24.1 Å². The fraction of sp³-hybridized carbons (Fsp3) is 0.375. The maximum atomic E-state index is 12.7. The first kappa shape index (κ1) is 22.6. The van der Waals surface area contributed by atoms with Crippen LogP contribution in [-0.2, 0) is 26.2 Å². The third-order valence-corrected chi connectivity index (χ3v) is 6.80. The molecule has 8 heteroatoms. The van der Waals surface area contributed by atoms with Crippen molar-refractivity contribution in [2.45, 2.75) is 37.5 Å². The number of halogens is 2. The minimum atomic E-state index is -0.605. The van der Waals surface area contributed by atoms with E-state index in [0.717, 1.165) is 16.8 Å². The summed E-state index contributed by atoms with van der Waals surface area (Å²) in [5, 5.41) is 7.06. The van der Waals surface area contributed by atoms with Gasteiger partial charge in [-0.2, -0.15) is 0 Å². The molecule has 2 aromatic rings. The van der Waals surface area contributed by atoms with Crippen molar-refractivity contribution in [1.82, 2.24) is 10.2 Å². The molecule has 0 atom stereocenters. The summed E-state index contributed by atoms with van der Waals surface area (Å²) in [6.07, 6.45) is 2.38. The van der Waals surface area contributed by atoms with Crippen LogP contribution < -0.4 is 10.6 Å². The summed E-state index contributed by atoms with van der Waals surface area (Å²) in [6, 6.07) is 12.6. The van der Waals surface area contributed by atoms with Crippen molar-refractivity contribution in [3.05, 3.63) is 63.6 Å². The molecule has 0 radical (unpaired) electrons. The molecule has 0 unspecified atom stereocenters. The van der Waals surface area contributed by atoms with Crippen molar-refractivity contribution < 1.29 is 14.4 Å². The van der Waals surface area contributed by atoms with E-state index in [0.29, 0.717) is 55.4 Å². The molecule has 1 fully saturated rings. The lowest BCUT2D eigenvalue weighted by Gasteiger charge is -2.38. The van der Waals surface area contributed by atoms with Gasteiger partial charge in [0.1, 0.15) is 0 Å². The van der Waals surface area contributed by atoms with Gasteiger partial charge in [-0.3, -0.25) is 14.4 Å². The molecule has 32 heavy (non-hydrogen) atoms. The molecular formula is C24H25Cl2N3O3. The van der Waals surface area contributed by atoms with Crippen molar-refractivity contribution >= 4 is 46.6 Å². The lowest BCUT2D eigenvalue weighted by molar-refractivity contribution is -0.135. The van der Waals surface area contributed by atoms with Crippen molar-refractivity contribution in [2.75, 3.05) is 25.0 Å². The van der Waals surface area contributed by atoms with E-state index >= 15 is 0 Å². The molecule has 2 N–H and O–H groups in total. The molecule has 1 saturated heterocycles. The highest BCUT2D eigenvalue weighted by molar-refractivity contribution is 6.31. The van der Waals surface area contributed by atoms with Gasteiger partial charge in [0.25, 0.3) is 0 Å². The Hall–Kier alpha value is -2.57. The van der Waals surface area contributed by atoms with Crippen LogP contribution in [0.3, 0.4) is 0 Å². The molecule has 0 saturated carbocycles. The molecule has 2 aliphatic rings. The fourth-order valence-corrected chi connectivity index (χ4v) is 4.79. The zero-order chi connectivity index (χ0) is 22.7. The molecule has 4 rings (SSSR count). The fourth-order valence-electron chi connectivity index (χ4n) is 4.50. The Labute approximate surface area is 197 Å². The van der Waals surface area contributed by atoms with Crippen LogP contribution in [0.1, 0.15) is 36.8 Å². The summed E-state index contributed by atoms with van der Waals surface area (Å²) < 4.78 is 0. The smallest absolute Gasteiger partial charge is 0.235 e. The van der Waals surface area contributed by atoms with Crippen molar-refractivity contribution in [1.29, 1.82) is 0 Å². The van der Waals surface area contributed by atoms with Crippen LogP contribution in [0, 0.1) is 0 Å². The first-order valence-corrected chi connectivity index (χ1v) is 11.5. The first-order chi connectivity index (χ1) is 15.4. The number of rotatable bonds is 6. The number of piperidine rings is 1. The average Bonchev–Trinajstić information content (AvgIpc) is 3.04. The van der Waals surface area contributed by atoms with Gasteiger partial charge in [0.05, 0.1) is 11.8 Å². The molecule has 3 amide bonds. The summed E-state index contributed by atoms with van der Waals surface area (Å²) >= 11 is 12.0. The minimum absolute atomic E-state index is 0.00901. The van der Waals surface area contributed by atoms with E-state index in [1.54, 1.807) is 18.2 Å². The molecule has 2 aromatic carbocycles. The molecule has 0 aliphatic carbocycles. The zero-order valence-corrected chi connectivity index (χ0v) is 19.1. The van der Waals surface area contributed by atoms with Crippen molar-refractivity contribution in [3.63, 3.8) is 0 Å². The molecule has 1 spiro atoms. The number of hydrogen-bond donors (Lipinski definition) is 2. The van der Waals surface area contributed by atoms with Gasteiger partial charge in [-0.1, -0.05) is 35.3 Å². The van der Waals surface area contributed by atoms with Gasteiger partial charge in [0.15, 0.2) is 0 Å². The van der Waals surface area contributed by atoms with E-state index in [1.807, 2.05) is 29.2 Å². The Morgan fingerprint density at radius 3 is 2.44 bits per heavy atom. The lowest BCUT2D eigenvalue weighted by Crippen LogP contribution is -2.48. The van der Waals surface area contributed by atoms with Gasteiger partial charge in [0, 0.05) is 41.8 Å². The van der Waals surface area contributed by atoms with Gasteiger partial charge in [0.2, 0.25) is 17.7 Å². The van der Waals surface area contributed by atoms with Gasteiger partial charge < -0.3 is 15.5 Å². The van der Waals surface area contributed by atoms with Crippen molar-refractivity contribution in [2.24, 2.45) is 0 Å². The second-order valence-electron chi connectivity index (χ2n) is 8.36. The van der Waals surface area contributed by atoms with Gasteiger partial charge in [-0.25, -0.2) is 0 Å². The SMILES string of the molecule is O=C(Cc1ccc(Cl)cc1)NCCCC(=O)N1CCC2(CC1)C(=O)Nc1ccc(Cl)cc12. The second kappa shape index (κ2) is 9.51.